The second-order valence-electron chi connectivity index (χ2n) is 18.0. The maximum Gasteiger partial charge on any atom is 0.302 e. The van der Waals surface area contributed by atoms with E-state index in [-0.39, 0.29) is 35.8 Å². The molecule has 0 radical (unpaired) electrons. The van der Waals surface area contributed by atoms with Gasteiger partial charge in [0.25, 0.3) is 0 Å². The van der Waals surface area contributed by atoms with Gasteiger partial charge in [0.15, 0.2) is 20.9 Å². The van der Waals surface area contributed by atoms with Crippen LogP contribution in [0, 0.1) is 29.6 Å². The van der Waals surface area contributed by atoms with Crippen LogP contribution < -0.4 is 0 Å². The molecule has 8 heteroatoms. The molecule has 7 nitrogen and oxygen atoms in total. The van der Waals surface area contributed by atoms with Gasteiger partial charge in [-0.3, -0.25) is 4.79 Å². The van der Waals surface area contributed by atoms with Crippen molar-refractivity contribution in [3.63, 3.8) is 0 Å². The Balaban J connectivity index is 1.62. The lowest BCUT2D eigenvalue weighted by Gasteiger charge is -2.38. The third-order valence-electron chi connectivity index (χ3n) is 12.6. The number of unbranched alkanes of at least 4 members (excludes halogenated alkanes) is 1. The number of carbonyl (C=O) groups excluding carboxylic acids is 1. The molecule has 0 spiro atoms. The molecule has 52 heavy (non-hydrogen) atoms. The summed E-state index contributed by atoms with van der Waals surface area (Å²) in [5.74, 6) is 2.05. The quantitative estimate of drug-likeness (QED) is 0.0532. The molecule has 3 fully saturated rings. The predicted molar refractivity (Wildman–Crippen MR) is 213 cm³/mol. The maximum atomic E-state index is 11.4. The van der Waals surface area contributed by atoms with Crippen molar-refractivity contribution >= 4 is 14.3 Å². The molecule has 4 rings (SSSR count). The first-order valence-corrected chi connectivity index (χ1v) is 24.0. The second-order valence-corrected chi connectivity index (χ2v) is 22.8. The fraction of sp³-hybridized carbons (Fsp3) is 0.841. The van der Waals surface area contributed by atoms with E-state index < -0.39 is 8.32 Å². The number of esters is 1. The number of hydrogen-bond donors (Lipinski definition) is 0. The van der Waals surface area contributed by atoms with Crippen LogP contribution in [0.25, 0.3) is 0 Å². The van der Waals surface area contributed by atoms with Crippen LogP contribution in [0.2, 0.25) is 18.1 Å². The highest BCUT2D eigenvalue weighted by molar-refractivity contribution is 6.74. The maximum absolute atomic E-state index is 11.4. The zero-order valence-corrected chi connectivity index (χ0v) is 35.6. The van der Waals surface area contributed by atoms with Crippen LogP contribution in [0.5, 0.6) is 0 Å². The highest BCUT2D eigenvalue weighted by Gasteiger charge is 2.50. The van der Waals surface area contributed by atoms with Gasteiger partial charge in [0, 0.05) is 32.7 Å². The van der Waals surface area contributed by atoms with Gasteiger partial charge in [-0.2, -0.15) is 0 Å². The molecule has 2 saturated heterocycles. The standard InChI is InChI=1S/C44H76O7Si/c1-10-18-38(50-41-22-12-15-25-47-41)28-34(21-17-19-32(2)3)43-39-29-36(27-37(39)30-40(43)51-42-23-13-16-26-48-42)35(20-11-14-24-46-33(4)45)31-49-52(8,9)44(5,6)7/h10,18-19,29,34-35,37-43H,11-17,20-28,30-31H2,1-9H3. The van der Waals surface area contributed by atoms with Crippen molar-refractivity contribution < 1.29 is 32.9 Å². The first-order valence-electron chi connectivity index (χ1n) is 21.1. The molecule has 2 aliphatic heterocycles. The molecule has 0 aromatic heterocycles. The Labute approximate surface area is 319 Å². The Morgan fingerprint density at radius 3 is 2.33 bits per heavy atom. The van der Waals surface area contributed by atoms with Crippen LogP contribution in [0.3, 0.4) is 0 Å². The van der Waals surface area contributed by atoms with Gasteiger partial charge in [0.05, 0.1) is 18.8 Å². The van der Waals surface area contributed by atoms with Crippen LogP contribution in [0.1, 0.15) is 138 Å². The van der Waals surface area contributed by atoms with Gasteiger partial charge >= 0.3 is 5.97 Å². The second kappa shape index (κ2) is 21.1. The zero-order valence-electron chi connectivity index (χ0n) is 34.6. The largest absolute Gasteiger partial charge is 0.466 e. The van der Waals surface area contributed by atoms with Gasteiger partial charge in [-0.05, 0) is 152 Å². The summed E-state index contributed by atoms with van der Waals surface area (Å²) in [7, 11) is -1.92. The van der Waals surface area contributed by atoms with Crippen LogP contribution in [0.15, 0.2) is 35.5 Å². The van der Waals surface area contributed by atoms with Crippen molar-refractivity contribution in [2.45, 2.75) is 181 Å². The first-order chi connectivity index (χ1) is 24.8. The Morgan fingerprint density at radius 2 is 1.71 bits per heavy atom. The lowest BCUT2D eigenvalue weighted by atomic mass is 9.76. The third kappa shape index (κ3) is 13.5. The number of fused-ring (bicyclic) bond motifs is 1. The Bertz CT molecular complexity index is 1160. The summed E-state index contributed by atoms with van der Waals surface area (Å²) in [5.41, 5.74) is 2.96. The molecule has 9 atom stereocenters. The van der Waals surface area contributed by atoms with Gasteiger partial charge in [-0.25, -0.2) is 0 Å². The Hall–Kier alpha value is -1.29. The monoisotopic (exact) mass is 745 g/mol. The van der Waals surface area contributed by atoms with E-state index in [2.05, 4.69) is 78.9 Å². The molecule has 0 amide bonds. The molecule has 0 aromatic carbocycles. The smallest absolute Gasteiger partial charge is 0.302 e. The Morgan fingerprint density at radius 1 is 1.00 bits per heavy atom. The van der Waals surface area contributed by atoms with E-state index in [1.165, 1.54) is 25.3 Å². The lowest BCUT2D eigenvalue weighted by Crippen LogP contribution is -2.42. The number of carbonyl (C=O) groups is 1. The number of rotatable bonds is 20. The minimum Gasteiger partial charge on any atom is -0.466 e. The third-order valence-corrected chi connectivity index (χ3v) is 17.1. The molecular weight excluding hydrogens is 669 g/mol. The van der Waals surface area contributed by atoms with E-state index in [9.17, 15) is 4.79 Å². The normalized spacial score (nSPS) is 28.7. The van der Waals surface area contributed by atoms with Gasteiger partial charge < -0.3 is 28.1 Å². The molecule has 2 aliphatic carbocycles. The molecular formula is C44H76O7Si. The summed E-state index contributed by atoms with van der Waals surface area (Å²) in [6.45, 7) is 22.6. The van der Waals surface area contributed by atoms with E-state index in [4.69, 9.17) is 28.1 Å². The molecule has 1 saturated carbocycles. The molecule has 0 N–H and O–H groups in total. The van der Waals surface area contributed by atoms with Crippen molar-refractivity contribution in [3.8, 4) is 0 Å². The summed E-state index contributed by atoms with van der Waals surface area (Å²) < 4.78 is 38.3. The number of allylic oxidation sites excluding steroid dienone is 4. The van der Waals surface area contributed by atoms with Gasteiger partial charge in [-0.15, -0.1) is 0 Å². The van der Waals surface area contributed by atoms with Crippen molar-refractivity contribution in [1.82, 2.24) is 0 Å². The molecule has 298 valence electrons. The summed E-state index contributed by atoms with van der Waals surface area (Å²) in [4.78, 5) is 11.4. The minimum atomic E-state index is -1.92. The number of hydrogen-bond acceptors (Lipinski definition) is 7. The van der Waals surface area contributed by atoms with Crippen molar-refractivity contribution in [2.75, 3.05) is 26.4 Å². The average molecular weight is 745 g/mol. The molecule has 0 bridgehead atoms. The van der Waals surface area contributed by atoms with Crippen molar-refractivity contribution in [3.05, 3.63) is 35.5 Å². The summed E-state index contributed by atoms with van der Waals surface area (Å²) in [6, 6.07) is 0. The first kappa shape index (κ1) is 43.4. The van der Waals surface area contributed by atoms with Crippen LogP contribution in [-0.2, 0) is 32.9 Å². The van der Waals surface area contributed by atoms with E-state index in [0.29, 0.717) is 36.2 Å². The van der Waals surface area contributed by atoms with E-state index in [0.717, 1.165) is 96.9 Å². The predicted octanol–water partition coefficient (Wildman–Crippen LogP) is 11.1. The highest BCUT2D eigenvalue weighted by atomic mass is 28.4. The fourth-order valence-corrected chi connectivity index (χ4v) is 9.76. The van der Waals surface area contributed by atoms with Crippen molar-refractivity contribution in [2.24, 2.45) is 29.6 Å². The SMILES string of the molecule is CC=CC(CC(CCC=C(C)C)C1C(OC2CCCCO2)CC2CC(C(CCCCOC(C)=O)CO[Si](C)(C)C(C)(C)C)=CC21)OC1CCCCO1. The highest BCUT2D eigenvalue weighted by Crippen LogP contribution is 2.54. The van der Waals surface area contributed by atoms with Crippen LogP contribution in [-0.4, -0.2) is 65.5 Å². The number of ether oxygens (including phenoxy) is 5. The van der Waals surface area contributed by atoms with Gasteiger partial charge in [0.1, 0.15) is 0 Å². The minimum absolute atomic E-state index is 0.0169. The summed E-state index contributed by atoms with van der Waals surface area (Å²) >= 11 is 0. The topological polar surface area (TPSA) is 72.5 Å². The molecule has 9 unspecified atom stereocenters. The van der Waals surface area contributed by atoms with E-state index in [1.54, 1.807) is 5.57 Å². The average Bonchev–Trinajstić information content (AvgIpc) is 3.63. The van der Waals surface area contributed by atoms with Gasteiger partial charge in [0.2, 0.25) is 0 Å². The van der Waals surface area contributed by atoms with Crippen LogP contribution >= 0.6 is 0 Å². The van der Waals surface area contributed by atoms with Crippen LogP contribution in [0.4, 0.5) is 0 Å². The van der Waals surface area contributed by atoms with E-state index >= 15 is 0 Å². The summed E-state index contributed by atoms with van der Waals surface area (Å²) in [5, 5.41) is 0.164. The summed E-state index contributed by atoms with van der Waals surface area (Å²) in [6.07, 6.45) is 24.4. The lowest BCUT2D eigenvalue weighted by molar-refractivity contribution is -0.202. The Kier molecular flexibility index (Phi) is 17.6. The fourth-order valence-electron chi connectivity index (χ4n) is 8.71. The molecule has 4 aliphatic rings. The zero-order chi connectivity index (χ0) is 37.7. The van der Waals surface area contributed by atoms with Crippen molar-refractivity contribution in [1.29, 1.82) is 0 Å². The van der Waals surface area contributed by atoms with E-state index in [1.807, 2.05) is 0 Å². The van der Waals surface area contributed by atoms with Gasteiger partial charge in [-0.1, -0.05) is 56.2 Å². The molecule has 0 aromatic rings. The molecule has 2 heterocycles.